The summed E-state index contributed by atoms with van der Waals surface area (Å²) in [5.74, 6) is -1.23. The summed E-state index contributed by atoms with van der Waals surface area (Å²) in [6.45, 7) is 0. The molecule has 2 aromatic carbocycles. The first kappa shape index (κ1) is 19.2. The van der Waals surface area contributed by atoms with E-state index >= 15 is 0 Å². The molecule has 0 N–H and O–H groups in total. The van der Waals surface area contributed by atoms with Crippen LogP contribution < -0.4 is 9.47 Å². The molecule has 0 fully saturated rings. The van der Waals surface area contributed by atoms with Crippen molar-refractivity contribution in [3.05, 3.63) is 65.4 Å². The van der Waals surface area contributed by atoms with Crippen LogP contribution in [0.3, 0.4) is 0 Å². The molecule has 0 unspecified atom stereocenters. The van der Waals surface area contributed by atoms with Gasteiger partial charge in [0.25, 0.3) is 11.8 Å². The van der Waals surface area contributed by atoms with Gasteiger partial charge in [-0.1, -0.05) is 17.2 Å². The molecule has 2 heterocycles. The molecule has 9 nitrogen and oxygen atoms in total. The van der Waals surface area contributed by atoms with Crippen LogP contribution in [0.2, 0.25) is 0 Å². The molecular formula is C21H17N3O6. The van der Waals surface area contributed by atoms with Crippen molar-refractivity contribution < 1.29 is 28.7 Å². The van der Waals surface area contributed by atoms with Gasteiger partial charge < -0.3 is 14.3 Å². The van der Waals surface area contributed by atoms with Crippen molar-refractivity contribution in [3.63, 3.8) is 0 Å². The summed E-state index contributed by atoms with van der Waals surface area (Å²) >= 11 is 0. The highest BCUT2D eigenvalue weighted by atomic mass is 16.7. The molecule has 3 aromatic rings. The highest BCUT2D eigenvalue weighted by molar-refractivity contribution is 6.21. The number of aromatic nitrogens is 2. The molecule has 1 aliphatic rings. The molecule has 2 amide bonds. The minimum Gasteiger partial charge on any atom is -0.493 e. The second-order valence-electron chi connectivity index (χ2n) is 6.44. The number of hydrogen-bond acceptors (Lipinski definition) is 7. The maximum absolute atomic E-state index is 12.6. The third kappa shape index (κ3) is 3.06. The Balaban J connectivity index is 1.59. The fourth-order valence-electron chi connectivity index (χ4n) is 3.21. The lowest BCUT2D eigenvalue weighted by Crippen LogP contribution is -2.32. The SMILES string of the molecule is COc1ccc(-c2cc(C(=O)ON3C(=O)c4ccccc4C3=O)nn2C)cc1OC. The largest absolute Gasteiger partial charge is 0.493 e. The van der Waals surface area contributed by atoms with Crippen LogP contribution in [0, 0.1) is 0 Å². The monoisotopic (exact) mass is 407 g/mol. The van der Waals surface area contributed by atoms with Crippen molar-refractivity contribution in [2.45, 2.75) is 0 Å². The Morgan fingerprint density at radius 2 is 1.53 bits per heavy atom. The van der Waals surface area contributed by atoms with E-state index in [0.29, 0.717) is 22.3 Å². The Morgan fingerprint density at radius 3 is 2.13 bits per heavy atom. The number of amides is 2. The molecule has 0 saturated heterocycles. The lowest BCUT2D eigenvalue weighted by atomic mass is 10.1. The maximum Gasteiger partial charge on any atom is 0.384 e. The van der Waals surface area contributed by atoms with Crippen molar-refractivity contribution in [2.24, 2.45) is 7.05 Å². The summed E-state index contributed by atoms with van der Waals surface area (Å²) in [5.41, 5.74) is 1.64. The number of ether oxygens (including phenoxy) is 2. The van der Waals surface area contributed by atoms with Crippen LogP contribution >= 0.6 is 0 Å². The van der Waals surface area contributed by atoms with Gasteiger partial charge in [0, 0.05) is 12.6 Å². The van der Waals surface area contributed by atoms with E-state index < -0.39 is 17.8 Å². The van der Waals surface area contributed by atoms with E-state index in [1.54, 1.807) is 37.4 Å². The standard InChI is InChI=1S/C21H17N3O6/c1-23-16(12-8-9-17(28-2)18(10-12)29-3)11-15(22-23)21(27)30-24-19(25)13-6-4-5-7-14(13)20(24)26/h4-11H,1-3H3. The fraction of sp³-hybridized carbons (Fsp3) is 0.143. The summed E-state index contributed by atoms with van der Waals surface area (Å²) in [7, 11) is 4.72. The zero-order valence-electron chi connectivity index (χ0n) is 16.4. The van der Waals surface area contributed by atoms with Gasteiger partial charge in [0.15, 0.2) is 17.2 Å². The molecule has 0 bridgehead atoms. The fourth-order valence-corrected chi connectivity index (χ4v) is 3.21. The van der Waals surface area contributed by atoms with Crippen molar-refractivity contribution in [1.29, 1.82) is 0 Å². The van der Waals surface area contributed by atoms with Crippen LogP contribution in [0.25, 0.3) is 11.3 Å². The van der Waals surface area contributed by atoms with Crippen LogP contribution in [0.1, 0.15) is 31.2 Å². The van der Waals surface area contributed by atoms with E-state index in [4.69, 9.17) is 14.3 Å². The molecule has 152 valence electrons. The number of nitrogens with zero attached hydrogens (tertiary/aromatic N) is 3. The number of rotatable bonds is 5. The van der Waals surface area contributed by atoms with Crippen LogP contribution in [0.5, 0.6) is 11.5 Å². The summed E-state index contributed by atoms with van der Waals surface area (Å²) < 4.78 is 12.0. The van der Waals surface area contributed by atoms with E-state index in [9.17, 15) is 14.4 Å². The first-order valence-corrected chi connectivity index (χ1v) is 8.91. The van der Waals surface area contributed by atoms with Crippen molar-refractivity contribution >= 4 is 17.8 Å². The third-order valence-corrected chi connectivity index (χ3v) is 4.70. The van der Waals surface area contributed by atoms with Gasteiger partial charge in [0.2, 0.25) is 0 Å². The lowest BCUT2D eigenvalue weighted by molar-refractivity contribution is -0.0588. The summed E-state index contributed by atoms with van der Waals surface area (Å²) in [4.78, 5) is 42.4. The van der Waals surface area contributed by atoms with Crippen LogP contribution in [-0.2, 0) is 11.9 Å². The van der Waals surface area contributed by atoms with Gasteiger partial charge in [-0.3, -0.25) is 14.3 Å². The molecule has 0 aliphatic carbocycles. The second-order valence-corrected chi connectivity index (χ2v) is 6.44. The second kappa shape index (κ2) is 7.36. The zero-order valence-corrected chi connectivity index (χ0v) is 16.4. The summed E-state index contributed by atoms with van der Waals surface area (Å²) in [6.07, 6.45) is 0. The Bertz CT molecular complexity index is 1150. The van der Waals surface area contributed by atoms with Crippen LogP contribution in [-0.4, -0.2) is 46.8 Å². The number of carbonyl (C=O) groups excluding carboxylic acids is 3. The topological polar surface area (TPSA) is 100.0 Å². The van der Waals surface area contributed by atoms with Crippen molar-refractivity contribution in [2.75, 3.05) is 14.2 Å². The molecule has 0 radical (unpaired) electrons. The van der Waals surface area contributed by atoms with Crippen LogP contribution in [0.4, 0.5) is 0 Å². The van der Waals surface area contributed by atoms with Gasteiger partial charge in [-0.2, -0.15) is 5.10 Å². The molecule has 0 spiro atoms. The average molecular weight is 407 g/mol. The Hall–Kier alpha value is -4.14. The Morgan fingerprint density at radius 1 is 0.900 bits per heavy atom. The molecule has 0 atom stereocenters. The number of hydrogen-bond donors (Lipinski definition) is 0. The molecular weight excluding hydrogens is 390 g/mol. The number of carbonyl (C=O) groups is 3. The van der Waals surface area contributed by atoms with Crippen molar-refractivity contribution in [1.82, 2.24) is 14.8 Å². The molecule has 4 rings (SSSR count). The average Bonchev–Trinajstić information content (AvgIpc) is 3.27. The van der Waals surface area contributed by atoms with E-state index in [1.165, 1.54) is 37.1 Å². The molecule has 9 heteroatoms. The minimum absolute atomic E-state index is 0.0566. The Labute approximate surface area is 171 Å². The summed E-state index contributed by atoms with van der Waals surface area (Å²) in [6, 6.07) is 13.0. The number of methoxy groups -OCH3 is 2. The zero-order chi connectivity index (χ0) is 21.4. The predicted octanol–water partition coefficient (Wildman–Crippen LogP) is 2.47. The number of hydroxylamine groups is 2. The van der Waals surface area contributed by atoms with E-state index in [2.05, 4.69) is 5.10 Å². The molecule has 0 saturated carbocycles. The van der Waals surface area contributed by atoms with Gasteiger partial charge in [0.1, 0.15) is 0 Å². The van der Waals surface area contributed by atoms with Gasteiger partial charge in [0.05, 0.1) is 31.0 Å². The highest BCUT2D eigenvalue weighted by Gasteiger charge is 2.39. The van der Waals surface area contributed by atoms with E-state index in [1.807, 2.05) is 0 Å². The molecule has 1 aromatic heterocycles. The molecule has 30 heavy (non-hydrogen) atoms. The predicted molar refractivity (Wildman–Crippen MR) is 104 cm³/mol. The first-order valence-electron chi connectivity index (χ1n) is 8.91. The number of fused-ring (bicyclic) bond motifs is 1. The van der Waals surface area contributed by atoms with Crippen molar-refractivity contribution in [3.8, 4) is 22.8 Å². The third-order valence-electron chi connectivity index (χ3n) is 4.70. The number of aryl methyl sites for hydroxylation is 1. The van der Waals surface area contributed by atoms with Gasteiger partial charge in [-0.15, -0.1) is 0 Å². The number of benzene rings is 2. The van der Waals surface area contributed by atoms with Gasteiger partial charge >= 0.3 is 5.97 Å². The van der Waals surface area contributed by atoms with E-state index in [0.717, 1.165) is 5.56 Å². The molecule has 1 aliphatic heterocycles. The highest BCUT2D eigenvalue weighted by Crippen LogP contribution is 2.32. The number of imide groups is 1. The van der Waals surface area contributed by atoms with E-state index in [-0.39, 0.29) is 16.8 Å². The first-order chi connectivity index (χ1) is 14.4. The normalized spacial score (nSPS) is 12.7. The van der Waals surface area contributed by atoms with Gasteiger partial charge in [-0.25, -0.2) is 4.79 Å². The lowest BCUT2D eigenvalue weighted by Gasteiger charge is -2.11. The summed E-state index contributed by atoms with van der Waals surface area (Å²) in [5, 5.41) is 4.60. The Kier molecular flexibility index (Phi) is 4.71. The van der Waals surface area contributed by atoms with Gasteiger partial charge in [-0.05, 0) is 36.4 Å². The quantitative estimate of drug-likeness (QED) is 0.599. The van der Waals surface area contributed by atoms with Crippen LogP contribution in [0.15, 0.2) is 48.5 Å². The minimum atomic E-state index is -0.924. The maximum atomic E-state index is 12.6. The smallest absolute Gasteiger partial charge is 0.384 e.